The number of aliphatic carboxylic acids is 1. The lowest BCUT2D eigenvalue weighted by molar-refractivity contribution is -0.149. The summed E-state index contributed by atoms with van der Waals surface area (Å²) in [6.07, 6.45) is 1.51. The van der Waals surface area contributed by atoms with E-state index in [1.54, 1.807) is 0 Å². The van der Waals surface area contributed by atoms with Gasteiger partial charge in [-0.1, -0.05) is 0 Å². The molecule has 4 unspecified atom stereocenters. The number of rotatable bonds is 11. The molecule has 1 fully saturated rings. The molecule has 3 amide bonds. The van der Waals surface area contributed by atoms with Crippen molar-refractivity contribution in [3.8, 4) is 0 Å². The van der Waals surface area contributed by atoms with Gasteiger partial charge in [-0.15, -0.1) is 0 Å². The maximum Gasteiger partial charge on any atom is 0.326 e. The zero-order chi connectivity index (χ0) is 22.8. The van der Waals surface area contributed by atoms with E-state index in [9.17, 15) is 24.3 Å². The minimum absolute atomic E-state index is 0.0324. The second-order valence-electron chi connectivity index (χ2n) is 7.07. The topological polar surface area (TPSA) is 206 Å². The lowest BCUT2D eigenvalue weighted by atomic mass is 10.1. The van der Waals surface area contributed by atoms with Crippen LogP contribution in [0, 0.1) is 0 Å². The summed E-state index contributed by atoms with van der Waals surface area (Å²) in [5, 5.41) is 14.4. The highest BCUT2D eigenvalue weighted by Gasteiger charge is 2.37. The highest BCUT2D eigenvalue weighted by molar-refractivity contribution is 7.80. The number of hydrogen-bond acceptors (Lipinski definition) is 7. The molecule has 4 atom stereocenters. The number of nitrogens with one attached hydrogen (secondary N) is 2. The third-order valence-corrected chi connectivity index (χ3v) is 4.98. The summed E-state index contributed by atoms with van der Waals surface area (Å²) in [5.41, 5.74) is 16.1. The van der Waals surface area contributed by atoms with E-state index in [-0.39, 0.29) is 24.7 Å². The first kappa shape index (κ1) is 25.5. The fourth-order valence-corrected chi connectivity index (χ4v) is 3.27. The number of hydrogen-bond donors (Lipinski definition) is 7. The van der Waals surface area contributed by atoms with Gasteiger partial charge >= 0.3 is 5.97 Å². The molecule has 1 rings (SSSR count). The summed E-state index contributed by atoms with van der Waals surface area (Å²) < 4.78 is 0. The molecule has 0 bridgehead atoms. The number of aliphatic imine (C=N–C) groups is 1. The number of carbonyl (C=O) groups is 4. The number of carbonyl (C=O) groups excluding carboxylic acids is 3. The van der Waals surface area contributed by atoms with Crippen molar-refractivity contribution in [2.45, 2.75) is 56.8 Å². The van der Waals surface area contributed by atoms with Crippen molar-refractivity contribution >= 4 is 42.3 Å². The maximum absolute atomic E-state index is 12.8. The standard InChI is InChI=1S/C17H31N7O5S/c1-9(18)13(25)22-10(4-2-6-21-17(19)20)14(26)23-11(8-30)15(27)24-7-3-5-12(24)16(28)29/h9-12,30H,2-8,18H2,1H3,(H,22,25)(H,23,26)(H,28,29)(H4,19,20,21). The van der Waals surface area contributed by atoms with Crippen LogP contribution in [0.25, 0.3) is 0 Å². The van der Waals surface area contributed by atoms with Gasteiger partial charge in [0.2, 0.25) is 17.7 Å². The zero-order valence-corrected chi connectivity index (χ0v) is 17.8. The molecule has 1 aliphatic rings. The van der Waals surface area contributed by atoms with E-state index in [1.165, 1.54) is 11.8 Å². The second-order valence-corrected chi connectivity index (χ2v) is 7.44. The Hall–Kier alpha value is -2.54. The van der Waals surface area contributed by atoms with Crippen molar-refractivity contribution in [1.29, 1.82) is 0 Å². The van der Waals surface area contributed by atoms with Gasteiger partial charge in [0.15, 0.2) is 5.96 Å². The van der Waals surface area contributed by atoms with Crippen LogP contribution in [0.5, 0.6) is 0 Å². The zero-order valence-electron chi connectivity index (χ0n) is 16.9. The van der Waals surface area contributed by atoms with Crippen LogP contribution in [0.4, 0.5) is 0 Å². The number of likely N-dealkylation sites (tertiary alicyclic amines) is 1. The number of thiol groups is 1. The number of carboxylic acid groups (broad SMARTS) is 1. The lowest BCUT2D eigenvalue weighted by Gasteiger charge is -2.28. The van der Waals surface area contributed by atoms with Gasteiger partial charge in [-0.3, -0.25) is 19.4 Å². The van der Waals surface area contributed by atoms with Crippen LogP contribution in [-0.4, -0.2) is 82.7 Å². The first-order chi connectivity index (χ1) is 14.1. The number of carboxylic acids is 1. The van der Waals surface area contributed by atoms with Crippen LogP contribution < -0.4 is 27.8 Å². The second kappa shape index (κ2) is 12.2. The van der Waals surface area contributed by atoms with E-state index in [1.807, 2.05) is 0 Å². The van der Waals surface area contributed by atoms with E-state index >= 15 is 0 Å². The molecule has 9 N–H and O–H groups in total. The molecule has 13 heteroatoms. The summed E-state index contributed by atoms with van der Waals surface area (Å²) in [4.78, 5) is 53.9. The number of nitrogens with two attached hydrogens (primary N) is 3. The van der Waals surface area contributed by atoms with Gasteiger partial charge in [0.1, 0.15) is 18.1 Å². The number of guanidine groups is 1. The van der Waals surface area contributed by atoms with Gasteiger partial charge < -0.3 is 37.8 Å². The van der Waals surface area contributed by atoms with Crippen LogP contribution in [0.3, 0.4) is 0 Å². The minimum atomic E-state index is -1.09. The van der Waals surface area contributed by atoms with E-state index in [0.29, 0.717) is 25.8 Å². The SMILES string of the molecule is CC(N)C(=O)NC(CCCN=C(N)N)C(=O)NC(CS)C(=O)N1CCCC1C(=O)O. The molecular formula is C17H31N7O5S. The molecule has 0 spiro atoms. The average Bonchev–Trinajstić information content (AvgIpc) is 3.17. The molecule has 1 aliphatic heterocycles. The van der Waals surface area contributed by atoms with Crippen LogP contribution in [0.15, 0.2) is 4.99 Å². The normalized spacial score (nSPS) is 18.8. The smallest absolute Gasteiger partial charge is 0.326 e. The van der Waals surface area contributed by atoms with E-state index < -0.39 is 47.9 Å². The van der Waals surface area contributed by atoms with Crippen molar-refractivity contribution in [2.24, 2.45) is 22.2 Å². The van der Waals surface area contributed by atoms with Gasteiger partial charge in [-0.05, 0) is 32.6 Å². The molecule has 170 valence electrons. The Morgan fingerprint density at radius 3 is 2.37 bits per heavy atom. The molecule has 0 aromatic rings. The molecule has 0 aliphatic carbocycles. The van der Waals surface area contributed by atoms with Gasteiger partial charge in [0.05, 0.1) is 6.04 Å². The largest absolute Gasteiger partial charge is 0.480 e. The first-order valence-electron chi connectivity index (χ1n) is 9.64. The van der Waals surface area contributed by atoms with E-state index in [2.05, 4.69) is 28.3 Å². The Morgan fingerprint density at radius 2 is 1.83 bits per heavy atom. The van der Waals surface area contributed by atoms with Crippen molar-refractivity contribution in [2.75, 3.05) is 18.8 Å². The van der Waals surface area contributed by atoms with Crippen LogP contribution >= 0.6 is 12.6 Å². The third kappa shape index (κ3) is 7.71. The molecule has 12 nitrogen and oxygen atoms in total. The summed E-state index contributed by atoms with van der Waals surface area (Å²) in [6, 6.07) is -3.76. The minimum Gasteiger partial charge on any atom is -0.480 e. The molecule has 30 heavy (non-hydrogen) atoms. The Bertz CT molecular complexity index is 669. The Balaban J connectivity index is 2.84. The summed E-state index contributed by atoms with van der Waals surface area (Å²) in [5.74, 6) is -2.87. The summed E-state index contributed by atoms with van der Waals surface area (Å²) >= 11 is 4.12. The lowest BCUT2D eigenvalue weighted by Crippen LogP contribution is -2.57. The summed E-state index contributed by atoms with van der Waals surface area (Å²) in [6.45, 7) is 2.02. The molecule has 0 aromatic heterocycles. The molecule has 0 aromatic carbocycles. The van der Waals surface area contributed by atoms with Gasteiger partial charge in [-0.2, -0.15) is 12.6 Å². The van der Waals surface area contributed by atoms with Crippen LogP contribution in [0.2, 0.25) is 0 Å². The van der Waals surface area contributed by atoms with Crippen molar-refractivity contribution in [3.63, 3.8) is 0 Å². The summed E-state index contributed by atoms with van der Waals surface area (Å²) in [7, 11) is 0. The number of amides is 3. The predicted molar refractivity (Wildman–Crippen MR) is 114 cm³/mol. The third-order valence-electron chi connectivity index (χ3n) is 4.61. The van der Waals surface area contributed by atoms with Gasteiger partial charge in [0, 0.05) is 18.8 Å². The van der Waals surface area contributed by atoms with Gasteiger partial charge in [0.25, 0.3) is 0 Å². The molecule has 0 saturated carbocycles. The van der Waals surface area contributed by atoms with Crippen LogP contribution in [-0.2, 0) is 19.2 Å². The number of nitrogens with zero attached hydrogens (tertiary/aromatic N) is 2. The van der Waals surface area contributed by atoms with Crippen LogP contribution in [0.1, 0.15) is 32.6 Å². The molecule has 1 saturated heterocycles. The predicted octanol–water partition coefficient (Wildman–Crippen LogP) is -2.64. The molecular weight excluding hydrogens is 414 g/mol. The monoisotopic (exact) mass is 445 g/mol. The van der Waals surface area contributed by atoms with Crippen molar-refractivity contribution in [1.82, 2.24) is 15.5 Å². The Morgan fingerprint density at radius 1 is 1.20 bits per heavy atom. The highest BCUT2D eigenvalue weighted by atomic mass is 32.1. The fourth-order valence-electron chi connectivity index (χ4n) is 3.02. The van der Waals surface area contributed by atoms with E-state index in [4.69, 9.17) is 17.2 Å². The Labute approximate surface area is 180 Å². The van der Waals surface area contributed by atoms with Gasteiger partial charge in [-0.25, -0.2) is 4.79 Å². The molecule has 1 heterocycles. The average molecular weight is 446 g/mol. The Kier molecular flexibility index (Phi) is 10.4. The fraction of sp³-hybridized carbons (Fsp3) is 0.706. The van der Waals surface area contributed by atoms with E-state index in [0.717, 1.165) is 0 Å². The quantitative estimate of drug-likeness (QED) is 0.0772. The highest BCUT2D eigenvalue weighted by Crippen LogP contribution is 2.19. The van der Waals surface area contributed by atoms with Crippen molar-refractivity contribution in [3.05, 3.63) is 0 Å². The first-order valence-corrected chi connectivity index (χ1v) is 10.3. The maximum atomic E-state index is 12.8. The molecule has 0 radical (unpaired) electrons. The van der Waals surface area contributed by atoms with Crippen molar-refractivity contribution < 1.29 is 24.3 Å².